The highest BCUT2D eigenvalue weighted by Crippen LogP contribution is 2.38. The third-order valence-corrected chi connectivity index (χ3v) is 9.97. The van der Waals surface area contributed by atoms with E-state index in [0.717, 1.165) is 19.3 Å². The van der Waals surface area contributed by atoms with Crippen LogP contribution in [0.2, 0.25) is 0 Å². The summed E-state index contributed by atoms with van der Waals surface area (Å²) in [7, 11) is 1.26. The van der Waals surface area contributed by atoms with Gasteiger partial charge in [-0.15, -0.1) is 0 Å². The molecule has 0 spiro atoms. The Balaban J connectivity index is 4.51. The zero-order valence-electron chi connectivity index (χ0n) is 35.8. The number of nitrogens with zero attached hydrogens (tertiary/aromatic N) is 1. The Kier molecular flexibility index (Phi) is 37.3. The fraction of sp³-hybridized carbons (Fsp3) is 0.717. The van der Waals surface area contributed by atoms with Crippen molar-refractivity contribution in [3.63, 3.8) is 0 Å². The molecule has 0 rings (SSSR count). The summed E-state index contributed by atoms with van der Waals surface area (Å²) >= 11 is 0. The van der Waals surface area contributed by atoms with E-state index in [1.54, 1.807) is 12.2 Å². The molecule has 0 saturated carbocycles. The molecule has 0 amide bonds. The van der Waals surface area contributed by atoms with Crippen LogP contribution >= 0.6 is 7.82 Å². The van der Waals surface area contributed by atoms with Crippen LogP contribution in [0.3, 0.4) is 0 Å². The van der Waals surface area contributed by atoms with E-state index in [1.807, 2.05) is 63.7 Å². The van der Waals surface area contributed by atoms with Crippen molar-refractivity contribution in [2.24, 2.45) is 0 Å². The van der Waals surface area contributed by atoms with Crippen molar-refractivity contribution in [3.8, 4) is 0 Å². The zero-order valence-corrected chi connectivity index (χ0v) is 36.7. The lowest BCUT2D eigenvalue weighted by atomic mass is 10.0. The molecule has 0 radical (unpaired) electrons. The predicted molar refractivity (Wildman–Crippen MR) is 231 cm³/mol. The van der Waals surface area contributed by atoms with Gasteiger partial charge in [-0.3, -0.25) is 4.57 Å². The monoisotopic (exact) mass is 792 g/mol. The van der Waals surface area contributed by atoms with Gasteiger partial charge in [0.1, 0.15) is 19.3 Å². The van der Waals surface area contributed by atoms with Crippen molar-refractivity contribution in [2.45, 2.75) is 161 Å². The standard InChI is InChI=1S/C46H82NO7P/c1-6-8-10-12-14-16-18-20-22-23-24-25-26-27-29-31-33-35-37-39-46(48)54-45(44-53-55(49,50)52-42-40-47(3,4)5)43-51-41-38-36-34-32-30-28-21-19-17-15-13-11-9-7-2/h22-27,29,31,33,35,37,39,45H,6-21,28,30,32,34,36,38,40-44H2,1-5H3/t45-/m0/s1. The minimum absolute atomic E-state index is 0.00286. The molecular formula is C46H82NO7P. The number of allylic oxidation sites excluding steroid dienone is 11. The summed E-state index contributed by atoms with van der Waals surface area (Å²) in [5.74, 6) is -0.612. The van der Waals surface area contributed by atoms with Crippen LogP contribution in [0, 0.1) is 0 Å². The third-order valence-electron chi connectivity index (χ3n) is 9.00. The number of quaternary nitrogens is 1. The Hall–Kier alpha value is -2.06. The van der Waals surface area contributed by atoms with E-state index in [1.165, 1.54) is 128 Å². The number of phosphoric acid groups is 1. The van der Waals surface area contributed by atoms with Crippen LogP contribution in [-0.2, 0) is 27.9 Å². The molecule has 0 aromatic rings. The van der Waals surface area contributed by atoms with E-state index >= 15 is 0 Å². The first-order valence-electron chi connectivity index (χ1n) is 21.8. The van der Waals surface area contributed by atoms with Crippen LogP contribution in [0.1, 0.15) is 155 Å². The van der Waals surface area contributed by atoms with Gasteiger partial charge in [0.05, 0.1) is 34.4 Å². The summed E-state index contributed by atoms with van der Waals surface area (Å²) in [5, 5.41) is 0. The minimum atomic E-state index is -4.57. The smallest absolute Gasteiger partial charge is 0.331 e. The second kappa shape index (κ2) is 38.8. The number of carbonyl (C=O) groups is 1. The van der Waals surface area contributed by atoms with Crippen LogP contribution in [0.25, 0.3) is 0 Å². The number of rotatable bonds is 39. The number of likely N-dealkylation sites (N-methyl/N-ethyl adjacent to an activating group) is 1. The first-order chi connectivity index (χ1) is 26.6. The van der Waals surface area contributed by atoms with Crippen LogP contribution in [0.15, 0.2) is 72.9 Å². The molecule has 2 atom stereocenters. The molecule has 318 valence electrons. The Bertz CT molecular complexity index is 1110. The van der Waals surface area contributed by atoms with Crippen molar-refractivity contribution in [1.82, 2.24) is 0 Å². The molecule has 0 aromatic heterocycles. The van der Waals surface area contributed by atoms with E-state index < -0.39 is 19.9 Å². The summed E-state index contributed by atoms with van der Waals surface area (Å²) in [4.78, 5) is 24.9. The summed E-state index contributed by atoms with van der Waals surface area (Å²) < 4.78 is 34.3. The van der Waals surface area contributed by atoms with E-state index in [4.69, 9.17) is 18.5 Å². The normalized spacial score (nSPS) is 14.5. The van der Waals surface area contributed by atoms with Gasteiger partial charge in [0.15, 0.2) is 0 Å². The van der Waals surface area contributed by atoms with Crippen molar-refractivity contribution in [2.75, 3.05) is 54.1 Å². The van der Waals surface area contributed by atoms with Crippen LogP contribution < -0.4 is 4.89 Å². The summed E-state index contributed by atoms with van der Waals surface area (Å²) in [6, 6.07) is 0. The molecule has 0 fully saturated rings. The molecule has 0 aromatic carbocycles. The number of unbranched alkanes of at least 4 members (excludes halogenated alkanes) is 20. The maximum atomic E-state index is 12.5. The molecule has 0 bridgehead atoms. The maximum absolute atomic E-state index is 12.5. The quantitative estimate of drug-likeness (QED) is 0.0153. The van der Waals surface area contributed by atoms with Gasteiger partial charge in [-0.05, 0) is 19.3 Å². The highest BCUT2D eigenvalue weighted by molar-refractivity contribution is 7.45. The molecule has 0 N–H and O–H groups in total. The molecule has 8 nitrogen and oxygen atoms in total. The second-order valence-electron chi connectivity index (χ2n) is 15.6. The lowest BCUT2D eigenvalue weighted by Gasteiger charge is -2.28. The molecule has 0 heterocycles. The van der Waals surface area contributed by atoms with E-state index in [9.17, 15) is 14.3 Å². The van der Waals surface area contributed by atoms with Gasteiger partial charge < -0.3 is 27.9 Å². The highest BCUT2D eigenvalue weighted by Gasteiger charge is 2.19. The van der Waals surface area contributed by atoms with E-state index in [-0.39, 0.29) is 19.8 Å². The molecule has 0 aliphatic carbocycles. The lowest BCUT2D eigenvalue weighted by molar-refractivity contribution is -0.870. The van der Waals surface area contributed by atoms with E-state index in [0.29, 0.717) is 17.6 Å². The highest BCUT2D eigenvalue weighted by atomic mass is 31.2. The maximum Gasteiger partial charge on any atom is 0.331 e. The van der Waals surface area contributed by atoms with Crippen LogP contribution in [0.5, 0.6) is 0 Å². The van der Waals surface area contributed by atoms with Gasteiger partial charge in [-0.2, -0.15) is 0 Å². The number of hydrogen-bond donors (Lipinski definition) is 0. The average Bonchev–Trinajstić information content (AvgIpc) is 3.13. The number of ether oxygens (including phenoxy) is 2. The van der Waals surface area contributed by atoms with Gasteiger partial charge in [0.25, 0.3) is 7.82 Å². The summed E-state index contributed by atoms with van der Waals surface area (Å²) in [6.45, 7) is 5.17. The van der Waals surface area contributed by atoms with Crippen molar-refractivity contribution >= 4 is 13.8 Å². The largest absolute Gasteiger partial charge is 0.756 e. The fourth-order valence-electron chi connectivity index (χ4n) is 5.61. The van der Waals surface area contributed by atoms with Gasteiger partial charge in [-0.25, -0.2) is 4.79 Å². The van der Waals surface area contributed by atoms with E-state index in [2.05, 4.69) is 26.0 Å². The summed E-state index contributed by atoms with van der Waals surface area (Å²) in [6.07, 6.45) is 49.8. The van der Waals surface area contributed by atoms with Gasteiger partial charge in [0.2, 0.25) is 0 Å². The van der Waals surface area contributed by atoms with Gasteiger partial charge in [-0.1, -0.05) is 203 Å². The SMILES string of the molecule is CCCCCCCCCC=CC=CC=CC=CC=CC=CC(=O)O[C@@H](COCCCCCCCCCCCCCCCC)COP(=O)([O-])OCC[N+](C)(C)C. The number of carbonyl (C=O) groups excluding carboxylic acids is 1. The minimum Gasteiger partial charge on any atom is -0.756 e. The van der Waals surface area contributed by atoms with Crippen molar-refractivity contribution in [1.29, 1.82) is 0 Å². The van der Waals surface area contributed by atoms with Crippen LogP contribution in [0.4, 0.5) is 0 Å². The molecule has 0 aliphatic heterocycles. The predicted octanol–water partition coefficient (Wildman–Crippen LogP) is 12.1. The Labute approximate surface area is 338 Å². The number of esters is 1. The molecule has 55 heavy (non-hydrogen) atoms. The molecule has 0 saturated heterocycles. The van der Waals surface area contributed by atoms with Gasteiger partial charge in [0, 0.05) is 12.7 Å². The zero-order chi connectivity index (χ0) is 40.6. The molecular weight excluding hydrogens is 709 g/mol. The van der Waals surface area contributed by atoms with Crippen LogP contribution in [-0.4, -0.2) is 70.7 Å². The third kappa shape index (κ3) is 42.9. The summed E-state index contributed by atoms with van der Waals surface area (Å²) in [5.41, 5.74) is 0. The Morgan fingerprint density at radius 1 is 0.564 bits per heavy atom. The number of hydrogen-bond acceptors (Lipinski definition) is 7. The molecule has 0 aliphatic rings. The number of phosphoric ester groups is 1. The molecule has 1 unspecified atom stereocenters. The van der Waals surface area contributed by atoms with Crippen molar-refractivity contribution in [3.05, 3.63) is 72.9 Å². The topological polar surface area (TPSA) is 94.1 Å². The lowest BCUT2D eigenvalue weighted by Crippen LogP contribution is -2.37. The Morgan fingerprint density at radius 3 is 1.49 bits per heavy atom. The Morgan fingerprint density at radius 2 is 1.00 bits per heavy atom. The average molecular weight is 792 g/mol. The first-order valence-corrected chi connectivity index (χ1v) is 23.2. The first kappa shape index (κ1) is 52.9. The van der Waals surface area contributed by atoms with Gasteiger partial charge >= 0.3 is 5.97 Å². The van der Waals surface area contributed by atoms with Crippen molar-refractivity contribution < 1.29 is 37.3 Å². The molecule has 9 heteroatoms. The second-order valence-corrected chi connectivity index (χ2v) is 17.0. The fourth-order valence-corrected chi connectivity index (χ4v) is 6.34.